The molecule has 1 atom stereocenters. The number of amides is 2. The first kappa shape index (κ1) is 45.4. The number of rotatable bonds is 17. The van der Waals surface area contributed by atoms with E-state index < -0.39 is 18.4 Å². The van der Waals surface area contributed by atoms with E-state index in [0.717, 1.165) is 30.4 Å². The quantitative estimate of drug-likeness (QED) is 0.0256. The lowest BCUT2D eigenvalue weighted by Crippen LogP contribution is -2.31. The molecule has 13 heteroatoms. The molecular weight excluding hydrogens is 799 g/mol. The van der Waals surface area contributed by atoms with Gasteiger partial charge >= 0.3 is 5.97 Å². The number of phenolic OH excluding ortho intramolecular Hbond substituents is 1. The van der Waals surface area contributed by atoms with Crippen molar-refractivity contribution in [3.05, 3.63) is 150 Å². The molecule has 0 saturated heterocycles. The van der Waals surface area contributed by atoms with E-state index in [1.165, 1.54) is 32.3 Å². The van der Waals surface area contributed by atoms with Gasteiger partial charge in [-0.2, -0.15) is 15.4 Å². The predicted octanol–water partition coefficient (Wildman–Crippen LogP) is 9.65. The normalized spacial score (nSPS) is 11.5. The summed E-state index contributed by atoms with van der Waals surface area (Å²) in [6.07, 6.45) is 4.85. The first-order valence-electron chi connectivity index (χ1n) is 21.1. The monoisotopic (exact) mass is 851 g/mol. The molecule has 6 aromatic carbocycles. The molecule has 326 valence electrons. The highest BCUT2D eigenvalue weighted by Gasteiger charge is 2.21. The zero-order valence-corrected chi connectivity index (χ0v) is 35.7. The van der Waals surface area contributed by atoms with Crippen molar-refractivity contribution in [2.75, 3.05) is 10.2 Å². The van der Waals surface area contributed by atoms with E-state index in [9.17, 15) is 29.7 Å². The molecule has 1 unspecified atom stereocenters. The summed E-state index contributed by atoms with van der Waals surface area (Å²) in [6.45, 7) is 5.83. The molecule has 1 aromatic heterocycles. The Hall–Kier alpha value is -7.09. The van der Waals surface area contributed by atoms with Crippen molar-refractivity contribution in [3.8, 4) is 17.2 Å². The SMILES string of the molecule is CCCCCCCCC(Oc1ccc(CN(C(C)=O)c2ccc(O)c3cc(C(=O)Nc4ccccc4C)ccc23)cc1)C(O)O.O=C(Oc1ccccc1)c1ccc2n[nH]nc2c1. The van der Waals surface area contributed by atoms with Gasteiger partial charge in [0.05, 0.1) is 17.8 Å². The minimum Gasteiger partial charge on any atom is -0.507 e. The minimum atomic E-state index is -1.58. The fourth-order valence-electron chi connectivity index (χ4n) is 7.01. The Morgan fingerprint density at radius 2 is 1.43 bits per heavy atom. The first-order valence-corrected chi connectivity index (χ1v) is 21.1. The van der Waals surface area contributed by atoms with E-state index in [0.29, 0.717) is 62.2 Å². The third kappa shape index (κ3) is 12.5. The van der Waals surface area contributed by atoms with Crippen LogP contribution in [0.2, 0.25) is 0 Å². The van der Waals surface area contributed by atoms with Crippen molar-refractivity contribution in [1.29, 1.82) is 0 Å². The largest absolute Gasteiger partial charge is 0.507 e. The molecule has 0 fully saturated rings. The number of phenols is 1. The van der Waals surface area contributed by atoms with Crippen LogP contribution < -0.4 is 19.7 Å². The van der Waals surface area contributed by atoms with Crippen molar-refractivity contribution in [2.45, 2.75) is 84.7 Å². The molecule has 0 aliphatic heterocycles. The summed E-state index contributed by atoms with van der Waals surface area (Å²) in [5, 5.41) is 44.8. The van der Waals surface area contributed by atoms with Gasteiger partial charge < -0.3 is 35.0 Å². The van der Waals surface area contributed by atoms with Crippen molar-refractivity contribution >= 4 is 51.0 Å². The summed E-state index contributed by atoms with van der Waals surface area (Å²) in [5.41, 5.74) is 5.26. The van der Waals surface area contributed by atoms with Crippen LogP contribution in [-0.2, 0) is 11.3 Å². The number of benzene rings is 6. The number of aromatic hydroxyl groups is 1. The van der Waals surface area contributed by atoms with Gasteiger partial charge in [0.1, 0.15) is 34.4 Å². The average molecular weight is 852 g/mol. The zero-order chi connectivity index (χ0) is 44.7. The van der Waals surface area contributed by atoms with Gasteiger partial charge in [-0.05, 0) is 104 Å². The molecule has 7 aromatic rings. The summed E-state index contributed by atoms with van der Waals surface area (Å²) < 4.78 is 11.1. The van der Waals surface area contributed by atoms with E-state index >= 15 is 0 Å². The molecule has 0 aliphatic carbocycles. The van der Waals surface area contributed by atoms with Crippen LogP contribution in [0.25, 0.3) is 21.8 Å². The second-order valence-electron chi connectivity index (χ2n) is 15.2. The summed E-state index contributed by atoms with van der Waals surface area (Å²) in [7, 11) is 0. The lowest BCUT2D eigenvalue weighted by molar-refractivity contribution is -0.116. The maximum Gasteiger partial charge on any atom is 0.343 e. The van der Waals surface area contributed by atoms with Crippen LogP contribution in [0.3, 0.4) is 0 Å². The summed E-state index contributed by atoms with van der Waals surface area (Å²) in [4.78, 5) is 39.4. The van der Waals surface area contributed by atoms with Gasteiger partial charge in [0.2, 0.25) is 5.91 Å². The number of esters is 1. The summed E-state index contributed by atoms with van der Waals surface area (Å²) in [5.74, 6) is 0.138. The number of carbonyl (C=O) groups is 3. The number of anilines is 2. The van der Waals surface area contributed by atoms with Crippen molar-refractivity contribution < 1.29 is 39.2 Å². The van der Waals surface area contributed by atoms with Crippen molar-refractivity contribution in [2.24, 2.45) is 0 Å². The van der Waals surface area contributed by atoms with E-state index in [2.05, 4.69) is 27.7 Å². The molecule has 13 nitrogen and oxygen atoms in total. The topological polar surface area (TPSA) is 187 Å². The highest BCUT2D eigenvalue weighted by molar-refractivity contribution is 6.10. The van der Waals surface area contributed by atoms with Gasteiger partial charge in [-0.1, -0.05) is 93.6 Å². The molecule has 0 aliphatic rings. The molecule has 0 bridgehead atoms. The number of para-hydroxylation sites is 2. The van der Waals surface area contributed by atoms with Gasteiger partial charge in [-0.25, -0.2) is 4.79 Å². The maximum absolute atomic E-state index is 13.0. The third-order valence-electron chi connectivity index (χ3n) is 10.5. The summed E-state index contributed by atoms with van der Waals surface area (Å²) in [6, 6.07) is 36.9. The van der Waals surface area contributed by atoms with Gasteiger partial charge in [0.15, 0.2) is 6.29 Å². The molecule has 0 spiro atoms. The lowest BCUT2D eigenvalue weighted by atomic mass is 10.0. The average Bonchev–Trinajstić information content (AvgIpc) is 3.77. The number of unbranched alkanes of at least 4 members (excludes halogenated alkanes) is 5. The predicted molar refractivity (Wildman–Crippen MR) is 244 cm³/mol. The fourth-order valence-corrected chi connectivity index (χ4v) is 7.01. The fraction of sp³-hybridized carbons (Fsp3) is 0.260. The van der Waals surface area contributed by atoms with E-state index in [1.54, 1.807) is 71.6 Å². The number of fused-ring (bicyclic) bond motifs is 2. The standard InChI is InChI=1S/C37H44N2O6.C13H9N3O2/c1-4-5-6-7-8-9-14-35(37(43)44)45-29-18-15-27(16-19-29)24-39(26(3)40)33-21-22-34(41)31-23-28(17-20-30(31)33)36(42)38-32-13-11-10-12-25(32)2;17-13(18-10-4-2-1-3-5-10)9-6-7-11-12(8-9)15-16-14-11/h10-13,15-23,35,37,41,43-44H,4-9,14,24H2,1-3H3,(H,38,42);1-8H,(H,14,15,16). The Kier molecular flexibility index (Phi) is 16.0. The number of nitrogens with zero attached hydrogens (tertiary/aromatic N) is 3. The van der Waals surface area contributed by atoms with Gasteiger partial charge in [0, 0.05) is 28.9 Å². The molecule has 5 N–H and O–H groups in total. The number of ether oxygens (including phenoxy) is 2. The molecule has 0 saturated carbocycles. The number of nitrogens with one attached hydrogen (secondary N) is 2. The first-order chi connectivity index (χ1) is 30.5. The second-order valence-corrected chi connectivity index (χ2v) is 15.2. The number of aromatic amines is 1. The number of aromatic nitrogens is 3. The Bertz CT molecular complexity index is 2610. The maximum atomic E-state index is 13.0. The van der Waals surface area contributed by atoms with E-state index in [-0.39, 0.29) is 24.1 Å². The Labute approximate surface area is 366 Å². The highest BCUT2D eigenvalue weighted by Crippen LogP contribution is 2.35. The number of aryl methyl sites for hydroxylation is 1. The van der Waals surface area contributed by atoms with Crippen molar-refractivity contribution in [3.63, 3.8) is 0 Å². The lowest BCUT2D eigenvalue weighted by Gasteiger charge is -2.24. The number of hydrogen-bond acceptors (Lipinski definition) is 10. The van der Waals surface area contributed by atoms with Crippen LogP contribution in [0.5, 0.6) is 17.2 Å². The van der Waals surface area contributed by atoms with E-state index in [4.69, 9.17) is 9.47 Å². The number of H-pyrrole nitrogens is 1. The van der Waals surface area contributed by atoms with Crippen LogP contribution in [-0.4, -0.2) is 60.9 Å². The van der Waals surface area contributed by atoms with Gasteiger partial charge in [-0.15, -0.1) is 0 Å². The molecule has 1 heterocycles. The van der Waals surface area contributed by atoms with E-state index in [1.807, 2.05) is 61.5 Å². The van der Waals surface area contributed by atoms with Gasteiger partial charge in [-0.3, -0.25) is 9.59 Å². The summed E-state index contributed by atoms with van der Waals surface area (Å²) >= 11 is 0. The second kappa shape index (κ2) is 22.1. The zero-order valence-electron chi connectivity index (χ0n) is 35.7. The Balaban J connectivity index is 0.000000302. The van der Waals surface area contributed by atoms with Crippen LogP contribution in [0.1, 0.15) is 90.6 Å². The Morgan fingerprint density at radius 1 is 0.730 bits per heavy atom. The molecule has 0 radical (unpaired) electrons. The van der Waals surface area contributed by atoms with Crippen LogP contribution >= 0.6 is 0 Å². The third-order valence-corrected chi connectivity index (χ3v) is 10.5. The molecule has 7 rings (SSSR count). The van der Waals surface area contributed by atoms with Crippen molar-refractivity contribution in [1.82, 2.24) is 15.4 Å². The van der Waals surface area contributed by atoms with Gasteiger partial charge in [0.25, 0.3) is 5.91 Å². The molecular formula is C50H53N5O8. The van der Waals surface area contributed by atoms with Crippen LogP contribution in [0, 0.1) is 6.92 Å². The molecule has 63 heavy (non-hydrogen) atoms. The number of aliphatic hydroxyl groups excluding tert-OH is 1. The van der Waals surface area contributed by atoms with Crippen LogP contribution in [0.15, 0.2) is 127 Å². The molecule has 2 amide bonds. The number of carbonyl (C=O) groups excluding carboxylic acids is 3. The minimum absolute atomic E-state index is 0.00544. The van der Waals surface area contributed by atoms with Crippen LogP contribution in [0.4, 0.5) is 11.4 Å². The smallest absolute Gasteiger partial charge is 0.343 e. The highest BCUT2D eigenvalue weighted by atomic mass is 16.6. The Morgan fingerprint density at radius 3 is 2.16 bits per heavy atom. The number of aliphatic hydroxyl groups is 2. The number of hydrogen-bond donors (Lipinski definition) is 5.